The van der Waals surface area contributed by atoms with E-state index in [0.29, 0.717) is 23.1 Å². The van der Waals surface area contributed by atoms with Crippen molar-refractivity contribution in [3.8, 4) is 5.75 Å². The third kappa shape index (κ3) is 5.86. The van der Waals surface area contributed by atoms with Gasteiger partial charge in [0.1, 0.15) is 5.75 Å². The maximum Gasteiger partial charge on any atom is 0.250 e. The highest BCUT2D eigenvalue weighted by molar-refractivity contribution is 5.92. The van der Waals surface area contributed by atoms with Crippen LogP contribution in [0.4, 0.5) is 34.9 Å². The van der Waals surface area contributed by atoms with Crippen molar-refractivity contribution in [1.29, 1.82) is 0 Å². The number of nitrogens with one attached hydrogen (secondary N) is 2. The average molecular weight is 530 g/mol. The Labute approximate surface area is 231 Å². The van der Waals surface area contributed by atoms with Gasteiger partial charge in [-0.2, -0.15) is 25.2 Å². The normalized spacial score (nSPS) is 13.4. The summed E-state index contributed by atoms with van der Waals surface area (Å²) in [7, 11) is 0. The van der Waals surface area contributed by atoms with Crippen molar-refractivity contribution in [2.75, 3.05) is 28.7 Å². The van der Waals surface area contributed by atoms with Crippen LogP contribution in [0, 0.1) is 0 Å². The van der Waals surface area contributed by atoms with Crippen molar-refractivity contribution in [1.82, 2.24) is 15.0 Å². The lowest BCUT2D eigenvalue weighted by Crippen LogP contribution is -2.21. The molecule has 6 rings (SSSR count). The van der Waals surface area contributed by atoms with Crippen LogP contribution in [-0.2, 0) is 0 Å². The smallest absolute Gasteiger partial charge is 0.250 e. The van der Waals surface area contributed by atoms with E-state index < -0.39 is 0 Å². The molecule has 198 valence electrons. The van der Waals surface area contributed by atoms with E-state index in [1.54, 1.807) is 18.2 Å². The second-order valence-corrected chi connectivity index (χ2v) is 9.28. The van der Waals surface area contributed by atoms with Crippen LogP contribution >= 0.6 is 0 Å². The molecule has 1 aromatic heterocycles. The lowest BCUT2D eigenvalue weighted by Gasteiger charge is -2.16. The average Bonchev–Trinajstić information content (AvgIpc) is 3.53. The summed E-state index contributed by atoms with van der Waals surface area (Å²) in [5.41, 5.74) is 5.58. The molecule has 10 heteroatoms. The number of hydrogen-bond donors (Lipinski definition) is 3. The molecular formula is C30H27N9O. The SMILES string of the molecule is Oc1ccc(N=Nc2cccc3ccccc23)cc1/C=N\Nc1nc(Nc2ccccc2)nc(N2CCCC2)n1. The molecular weight excluding hydrogens is 502 g/mol. The highest BCUT2D eigenvalue weighted by Gasteiger charge is 2.17. The van der Waals surface area contributed by atoms with Gasteiger partial charge in [-0.25, -0.2) is 5.43 Å². The third-order valence-corrected chi connectivity index (χ3v) is 6.46. The Hall–Kier alpha value is -5.38. The molecule has 0 aliphatic carbocycles. The van der Waals surface area contributed by atoms with E-state index in [9.17, 15) is 5.11 Å². The van der Waals surface area contributed by atoms with Gasteiger partial charge in [-0.3, -0.25) is 0 Å². The molecule has 0 spiro atoms. The van der Waals surface area contributed by atoms with Crippen molar-refractivity contribution < 1.29 is 5.11 Å². The topological polar surface area (TPSA) is 123 Å². The van der Waals surface area contributed by atoms with Crippen molar-refractivity contribution in [3.05, 3.63) is 96.6 Å². The monoisotopic (exact) mass is 529 g/mol. The van der Waals surface area contributed by atoms with Gasteiger partial charge in [0.25, 0.3) is 0 Å². The fraction of sp³-hybridized carbons (Fsp3) is 0.133. The Morgan fingerprint density at radius 2 is 1.55 bits per heavy atom. The van der Waals surface area contributed by atoms with Gasteiger partial charge in [-0.15, -0.1) is 5.11 Å². The fourth-order valence-corrected chi connectivity index (χ4v) is 4.45. The van der Waals surface area contributed by atoms with Gasteiger partial charge < -0.3 is 15.3 Å². The lowest BCUT2D eigenvalue weighted by atomic mass is 10.1. The predicted molar refractivity (Wildman–Crippen MR) is 158 cm³/mol. The van der Waals surface area contributed by atoms with E-state index in [2.05, 4.69) is 45.9 Å². The van der Waals surface area contributed by atoms with E-state index in [1.807, 2.05) is 72.8 Å². The number of phenolic OH excluding ortho intramolecular Hbond substituents is 1. The molecule has 1 saturated heterocycles. The Balaban J connectivity index is 1.21. The number of benzene rings is 4. The van der Waals surface area contributed by atoms with Crippen molar-refractivity contribution in [3.63, 3.8) is 0 Å². The number of rotatable bonds is 8. The highest BCUT2D eigenvalue weighted by atomic mass is 16.3. The highest BCUT2D eigenvalue weighted by Crippen LogP contribution is 2.29. The maximum atomic E-state index is 10.4. The Morgan fingerprint density at radius 1 is 0.775 bits per heavy atom. The number of nitrogens with zero attached hydrogens (tertiary/aromatic N) is 7. The Bertz CT molecular complexity index is 1680. The third-order valence-electron chi connectivity index (χ3n) is 6.46. The van der Waals surface area contributed by atoms with Crippen LogP contribution in [0.1, 0.15) is 18.4 Å². The number of aromatic nitrogens is 3. The summed E-state index contributed by atoms with van der Waals surface area (Å²) >= 11 is 0. The van der Waals surface area contributed by atoms with Crippen LogP contribution in [0.5, 0.6) is 5.75 Å². The maximum absolute atomic E-state index is 10.4. The van der Waals surface area contributed by atoms with E-state index in [-0.39, 0.29) is 11.7 Å². The van der Waals surface area contributed by atoms with Crippen molar-refractivity contribution >= 4 is 51.9 Å². The van der Waals surface area contributed by atoms with Gasteiger partial charge in [0.2, 0.25) is 17.8 Å². The largest absolute Gasteiger partial charge is 0.507 e. The first kappa shape index (κ1) is 24.9. The molecule has 0 unspecified atom stereocenters. The summed E-state index contributed by atoms with van der Waals surface area (Å²) in [5.74, 6) is 1.36. The number of para-hydroxylation sites is 1. The molecule has 1 fully saturated rings. The first-order valence-corrected chi connectivity index (χ1v) is 13.1. The molecule has 0 saturated carbocycles. The van der Waals surface area contributed by atoms with Crippen LogP contribution in [0.3, 0.4) is 0 Å². The number of phenols is 1. The minimum Gasteiger partial charge on any atom is -0.507 e. The van der Waals surface area contributed by atoms with Gasteiger partial charge in [-0.1, -0.05) is 54.6 Å². The second kappa shape index (κ2) is 11.6. The number of hydrogen-bond acceptors (Lipinski definition) is 10. The van der Waals surface area contributed by atoms with Crippen LogP contribution < -0.4 is 15.6 Å². The predicted octanol–water partition coefficient (Wildman–Crippen LogP) is 6.94. The van der Waals surface area contributed by atoms with Crippen LogP contribution in [0.25, 0.3) is 10.8 Å². The van der Waals surface area contributed by atoms with Gasteiger partial charge >= 0.3 is 0 Å². The first-order chi connectivity index (χ1) is 19.7. The summed E-state index contributed by atoms with van der Waals surface area (Å²) in [6.07, 6.45) is 3.69. The number of aromatic hydroxyl groups is 1. The molecule has 2 heterocycles. The summed E-state index contributed by atoms with van der Waals surface area (Å²) in [4.78, 5) is 15.8. The molecule has 0 bridgehead atoms. The van der Waals surface area contributed by atoms with Crippen molar-refractivity contribution in [2.24, 2.45) is 15.3 Å². The zero-order chi connectivity index (χ0) is 27.1. The number of hydrazone groups is 1. The molecule has 4 aromatic carbocycles. The number of azo groups is 1. The molecule has 40 heavy (non-hydrogen) atoms. The fourth-order valence-electron chi connectivity index (χ4n) is 4.45. The zero-order valence-electron chi connectivity index (χ0n) is 21.6. The van der Waals surface area contributed by atoms with Crippen LogP contribution in [-0.4, -0.2) is 39.4 Å². The van der Waals surface area contributed by atoms with Crippen molar-refractivity contribution in [2.45, 2.75) is 12.8 Å². The Morgan fingerprint density at radius 3 is 2.42 bits per heavy atom. The van der Waals surface area contributed by atoms with E-state index in [0.717, 1.165) is 48.1 Å². The van der Waals surface area contributed by atoms with Crippen LogP contribution in [0.2, 0.25) is 0 Å². The molecule has 1 aliphatic heterocycles. The summed E-state index contributed by atoms with van der Waals surface area (Å²) in [5, 5.41) is 28.9. The second-order valence-electron chi connectivity index (χ2n) is 9.28. The standard InChI is InChI=1S/C30H27N9O/c40-27-16-15-24(36-37-26-14-8-10-21-9-4-5-13-25(21)26)19-22(27)20-31-38-29-33-28(32-23-11-2-1-3-12-23)34-30(35-29)39-17-6-7-18-39/h1-5,8-16,19-20,40H,6-7,17-18H2,(H2,32,33,34,35,38)/b31-20-,37-36?. The molecule has 1 aliphatic rings. The van der Waals surface area contributed by atoms with E-state index >= 15 is 0 Å². The van der Waals surface area contributed by atoms with Gasteiger partial charge in [0.05, 0.1) is 17.6 Å². The minimum atomic E-state index is 0.0643. The summed E-state index contributed by atoms with van der Waals surface area (Å²) in [6.45, 7) is 1.79. The zero-order valence-corrected chi connectivity index (χ0v) is 21.6. The minimum absolute atomic E-state index is 0.0643. The quantitative estimate of drug-likeness (QED) is 0.113. The van der Waals surface area contributed by atoms with E-state index in [1.165, 1.54) is 6.21 Å². The number of fused-ring (bicyclic) bond motifs is 1. The summed E-state index contributed by atoms with van der Waals surface area (Å²) in [6, 6.07) is 28.6. The van der Waals surface area contributed by atoms with Gasteiger partial charge in [0.15, 0.2) is 0 Å². The molecule has 0 amide bonds. The number of anilines is 4. The lowest BCUT2D eigenvalue weighted by molar-refractivity contribution is 0.474. The summed E-state index contributed by atoms with van der Waals surface area (Å²) < 4.78 is 0. The van der Waals surface area contributed by atoms with Crippen LogP contribution in [0.15, 0.2) is 106 Å². The van der Waals surface area contributed by atoms with Gasteiger partial charge in [-0.05, 0) is 54.6 Å². The van der Waals surface area contributed by atoms with E-state index in [4.69, 9.17) is 0 Å². The molecule has 5 aromatic rings. The first-order valence-electron chi connectivity index (χ1n) is 13.1. The van der Waals surface area contributed by atoms with Gasteiger partial charge in [0, 0.05) is 29.7 Å². The molecule has 10 nitrogen and oxygen atoms in total. The molecule has 0 atom stereocenters. The molecule has 0 radical (unpaired) electrons. The molecule has 3 N–H and O–H groups in total. The Kier molecular flexibility index (Phi) is 7.21.